The molecule has 0 heterocycles. The molecule has 1 aromatic rings. The lowest BCUT2D eigenvalue weighted by molar-refractivity contribution is 0.000624. The van der Waals surface area contributed by atoms with Gasteiger partial charge in [-0.05, 0) is 32.9 Å². The summed E-state index contributed by atoms with van der Waals surface area (Å²) in [6.45, 7) is 6.28. The highest BCUT2D eigenvalue weighted by atomic mass is 19.1. The second kappa shape index (κ2) is 5.78. The highest BCUT2D eigenvalue weighted by Crippen LogP contribution is 2.21. The molecule has 0 fully saturated rings. The van der Waals surface area contributed by atoms with Crippen LogP contribution in [0.25, 0.3) is 0 Å². The summed E-state index contributed by atoms with van der Waals surface area (Å²) in [7, 11) is 0. The van der Waals surface area contributed by atoms with Gasteiger partial charge in [0.25, 0.3) is 0 Å². The Morgan fingerprint density at radius 2 is 1.89 bits per heavy atom. The normalized spacial score (nSPS) is 11.1. The minimum atomic E-state index is -0.779. The summed E-state index contributed by atoms with van der Waals surface area (Å²) >= 11 is 0. The molecule has 5 heteroatoms. The number of hydrogen-bond acceptors (Lipinski definition) is 3. The third kappa shape index (κ3) is 3.67. The van der Waals surface area contributed by atoms with E-state index in [2.05, 4.69) is 5.32 Å². The number of hydrogen-bond donors (Lipinski definition) is 1. The quantitative estimate of drug-likeness (QED) is 0.878. The lowest BCUT2D eigenvalue weighted by Gasteiger charge is -2.25. The standard InChI is InChI=1S/C13H16F2N2O/c1-4-18-13(2,3)8-17-12-10(14)5-9(7-16)6-11(12)15/h5-6,17H,4,8H2,1-3H3. The van der Waals surface area contributed by atoms with Crippen molar-refractivity contribution in [2.45, 2.75) is 26.4 Å². The van der Waals surface area contributed by atoms with Crippen molar-refractivity contribution in [3.05, 3.63) is 29.3 Å². The van der Waals surface area contributed by atoms with E-state index in [0.29, 0.717) is 6.61 Å². The van der Waals surface area contributed by atoms with Crippen molar-refractivity contribution in [2.24, 2.45) is 0 Å². The molecule has 0 spiro atoms. The molecule has 1 N–H and O–H groups in total. The molecular weight excluding hydrogens is 238 g/mol. The van der Waals surface area contributed by atoms with Crippen molar-refractivity contribution in [1.29, 1.82) is 5.26 Å². The molecule has 0 radical (unpaired) electrons. The van der Waals surface area contributed by atoms with Crippen molar-refractivity contribution in [3.63, 3.8) is 0 Å². The van der Waals surface area contributed by atoms with Gasteiger partial charge in [0.05, 0.1) is 17.2 Å². The van der Waals surface area contributed by atoms with Crippen LogP contribution in [0.2, 0.25) is 0 Å². The van der Waals surface area contributed by atoms with Crippen LogP contribution in [-0.2, 0) is 4.74 Å². The highest BCUT2D eigenvalue weighted by molar-refractivity contribution is 5.50. The van der Waals surface area contributed by atoms with E-state index in [0.717, 1.165) is 12.1 Å². The molecular formula is C13H16F2N2O. The summed E-state index contributed by atoms with van der Waals surface area (Å²) in [6.07, 6.45) is 0. The Hall–Kier alpha value is -1.67. The zero-order valence-corrected chi connectivity index (χ0v) is 10.7. The molecule has 0 aliphatic heterocycles. The van der Waals surface area contributed by atoms with Gasteiger partial charge in [0, 0.05) is 13.2 Å². The van der Waals surface area contributed by atoms with Crippen molar-refractivity contribution in [3.8, 4) is 6.07 Å². The van der Waals surface area contributed by atoms with Crippen LogP contribution in [0.4, 0.5) is 14.5 Å². The molecule has 0 bridgehead atoms. The molecule has 0 saturated carbocycles. The van der Waals surface area contributed by atoms with E-state index in [1.807, 2.05) is 20.8 Å². The van der Waals surface area contributed by atoms with Crippen LogP contribution in [0.5, 0.6) is 0 Å². The summed E-state index contributed by atoms with van der Waals surface area (Å²) < 4.78 is 32.5. The molecule has 98 valence electrons. The minimum absolute atomic E-state index is 0.0420. The average molecular weight is 254 g/mol. The first-order valence-corrected chi connectivity index (χ1v) is 5.66. The number of rotatable bonds is 5. The third-order valence-corrected chi connectivity index (χ3v) is 2.40. The number of halogens is 2. The smallest absolute Gasteiger partial charge is 0.150 e. The van der Waals surface area contributed by atoms with Crippen LogP contribution in [0.15, 0.2) is 12.1 Å². The van der Waals surface area contributed by atoms with Gasteiger partial charge in [0.15, 0.2) is 11.6 Å². The Bertz CT molecular complexity index is 444. The van der Waals surface area contributed by atoms with Gasteiger partial charge >= 0.3 is 0 Å². The van der Waals surface area contributed by atoms with E-state index in [1.165, 1.54) is 0 Å². The largest absolute Gasteiger partial charge is 0.377 e. The Morgan fingerprint density at radius 3 is 2.33 bits per heavy atom. The molecule has 0 amide bonds. The maximum Gasteiger partial charge on any atom is 0.150 e. The first-order chi connectivity index (χ1) is 8.39. The fraction of sp³-hybridized carbons (Fsp3) is 0.462. The molecule has 1 aromatic carbocycles. The average Bonchev–Trinajstić information content (AvgIpc) is 2.27. The molecule has 0 unspecified atom stereocenters. The lowest BCUT2D eigenvalue weighted by Crippen LogP contribution is -2.33. The Labute approximate surface area is 105 Å². The SMILES string of the molecule is CCOC(C)(C)CNc1c(F)cc(C#N)cc1F. The Balaban J connectivity index is 2.83. The number of ether oxygens (including phenoxy) is 1. The van der Waals surface area contributed by atoms with Gasteiger partial charge in [-0.2, -0.15) is 5.26 Å². The van der Waals surface area contributed by atoms with Crippen molar-refractivity contribution in [2.75, 3.05) is 18.5 Å². The van der Waals surface area contributed by atoms with E-state index < -0.39 is 17.2 Å². The number of nitrogens with zero attached hydrogens (tertiary/aromatic N) is 1. The summed E-state index contributed by atoms with van der Waals surface area (Å²) in [5.74, 6) is -1.56. The van der Waals surface area contributed by atoms with Crippen LogP contribution in [-0.4, -0.2) is 18.8 Å². The van der Waals surface area contributed by atoms with E-state index in [9.17, 15) is 8.78 Å². The van der Waals surface area contributed by atoms with E-state index in [-0.39, 0.29) is 17.8 Å². The number of benzene rings is 1. The number of nitrogens with one attached hydrogen (secondary N) is 1. The van der Waals surface area contributed by atoms with E-state index in [1.54, 1.807) is 6.07 Å². The zero-order chi connectivity index (χ0) is 13.8. The Kier molecular flexibility index (Phi) is 4.62. The molecule has 0 atom stereocenters. The fourth-order valence-corrected chi connectivity index (χ4v) is 1.55. The topological polar surface area (TPSA) is 45.0 Å². The highest BCUT2D eigenvalue weighted by Gasteiger charge is 2.19. The first-order valence-electron chi connectivity index (χ1n) is 5.66. The van der Waals surface area contributed by atoms with Gasteiger partial charge in [0.2, 0.25) is 0 Å². The maximum atomic E-state index is 13.6. The zero-order valence-electron chi connectivity index (χ0n) is 10.7. The molecule has 3 nitrogen and oxygen atoms in total. The van der Waals surface area contributed by atoms with Gasteiger partial charge in [-0.3, -0.25) is 0 Å². The summed E-state index contributed by atoms with van der Waals surface area (Å²) in [6, 6.07) is 3.69. The second-order valence-corrected chi connectivity index (χ2v) is 4.47. The van der Waals surface area contributed by atoms with Gasteiger partial charge in [-0.1, -0.05) is 0 Å². The maximum absolute atomic E-state index is 13.6. The molecule has 1 rings (SSSR count). The van der Waals surface area contributed by atoms with Crippen LogP contribution < -0.4 is 5.32 Å². The summed E-state index contributed by atoms with van der Waals surface area (Å²) in [5, 5.41) is 11.3. The molecule has 0 aliphatic rings. The van der Waals surface area contributed by atoms with E-state index >= 15 is 0 Å². The Morgan fingerprint density at radius 1 is 1.33 bits per heavy atom. The summed E-state index contributed by atoms with van der Waals surface area (Å²) in [5.41, 5.74) is -0.803. The van der Waals surface area contributed by atoms with Crippen LogP contribution >= 0.6 is 0 Å². The predicted molar refractivity (Wildman–Crippen MR) is 65.3 cm³/mol. The van der Waals surface area contributed by atoms with E-state index in [4.69, 9.17) is 10.00 Å². The van der Waals surface area contributed by atoms with Gasteiger partial charge in [-0.25, -0.2) is 8.78 Å². The monoisotopic (exact) mass is 254 g/mol. The molecule has 0 saturated heterocycles. The third-order valence-electron chi connectivity index (χ3n) is 2.40. The lowest BCUT2D eigenvalue weighted by atomic mass is 10.1. The van der Waals surface area contributed by atoms with Crippen molar-refractivity contribution >= 4 is 5.69 Å². The minimum Gasteiger partial charge on any atom is -0.377 e. The number of anilines is 1. The van der Waals surface area contributed by atoms with Crippen molar-refractivity contribution in [1.82, 2.24) is 0 Å². The molecule has 18 heavy (non-hydrogen) atoms. The first kappa shape index (κ1) is 14.4. The fourth-order valence-electron chi connectivity index (χ4n) is 1.55. The molecule has 0 aromatic heterocycles. The van der Waals surface area contributed by atoms with Crippen LogP contribution in [0, 0.1) is 23.0 Å². The molecule has 0 aliphatic carbocycles. The van der Waals surface area contributed by atoms with Crippen LogP contribution in [0.3, 0.4) is 0 Å². The number of nitriles is 1. The predicted octanol–water partition coefficient (Wildman–Crippen LogP) is 3.06. The summed E-state index contributed by atoms with van der Waals surface area (Å²) in [4.78, 5) is 0. The second-order valence-electron chi connectivity index (χ2n) is 4.47. The van der Waals surface area contributed by atoms with Gasteiger partial charge < -0.3 is 10.1 Å². The van der Waals surface area contributed by atoms with Gasteiger partial charge in [0.1, 0.15) is 5.69 Å². The van der Waals surface area contributed by atoms with Gasteiger partial charge in [-0.15, -0.1) is 0 Å². The van der Waals surface area contributed by atoms with Crippen LogP contribution in [0.1, 0.15) is 26.3 Å². The van der Waals surface area contributed by atoms with Crippen molar-refractivity contribution < 1.29 is 13.5 Å².